The van der Waals surface area contributed by atoms with Crippen molar-refractivity contribution in [3.05, 3.63) is 84.4 Å². The molecule has 7 nitrogen and oxygen atoms in total. The number of carbonyl (C=O) groups excluding carboxylic acids is 1. The number of amides is 1. The molecule has 0 saturated carbocycles. The van der Waals surface area contributed by atoms with E-state index in [0.29, 0.717) is 18.8 Å². The van der Waals surface area contributed by atoms with E-state index in [9.17, 15) is 13.2 Å². The number of ether oxygens (including phenoxy) is 2. The first-order valence-corrected chi connectivity index (χ1v) is 12.6. The van der Waals surface area contributed by atoms with Gasteiger partial charge in [0.1, 0.15) is 5.75 Å². The fraction of sp³-hybridized carbons (Fsp3) is 0.269. The van der Waals surface area contributed by atoms with Crippen molar-refractivity contribution in [2.45, 2.75) is 28.9 Å². The summed E-state index contributed by atoms with van der Waals surface area (Å²) in [6.45, 7) is 0.678. The van der Waals surface area contributed by atoms with Gasteiger partial charge in [0, 0.05) is 19.6 Å². The smallest absolute Gasteiger partial charge is 0.265 e. The van der Waals surface area contributed by atoms with Crippen LogP contribution >= 0.6 is 0 Å². The normalized spacial score (nSPS) is 15.4. The number of sulfone groups is 1. The van der Waals surface area contributed by atoms with Crippen LogP contribution in [0.15, 0.2) is 83.8 Å². The van der Waals surface area contributed by atoms with E-state index in [0.717, 1.165) is 16.7 Å². The second-order valence-electron chi connectivity index (χ2n) is 8.19. The average molecular weight is 482 g/mol. The minimum atomic E-state index is -4.05. The van der Waals surface area contributed by atoms with Gasteiger partial charge in [0.05, 0.1) is 11.5 Å². The molecule has 8 heteroatoms. The number of rotatable bonds is 8. The molecule has 0 aromatic heterocycles. The maximum Gasteiger partial charge on any atom is 0.265 e. The van der Waals surface area contributed by atoms with Crippen molar-refractivity contribution in [1.82, 2.24) is 5.48 Å². The number of nitrogens with one attached hydrogen (secondary N) is 1. The Hall–Kier alpha value is -3.20. The van der Waals surface area contributed by atoms with Crippen molar-refractivity contribution in [1.29, 1.82) is 0 Å². The molecule has 178 valence electrons. The molecule has 1 amide bonds. The Morgan fingerprint density at radius 3 is 2.29 bits per heavy atom. The summed E-state index contributed by atoms with van der Waals surface area (Å²) >= 11 is 0. The standard InChI is InChI=1S/C26H27NO6S/c28-25(27-29)26(14-17-32-18-15-26)34(30,31)24-11-9-23(10-12-24)33-16-13-20-5-4-8-22(19-20)21-6-2-1-3-7-21/h1-12,19,29H,13-18H2,(H,27,28). The van der Waals surface area contributed by atoms with Crippen molar-refractivity contribution >= 4 is 15.7 Å². The second-order valence-corrected chi connectivity index (χ2v) is 10.4. The van der Waals surface area contributed by atoms with E-state index < -0.39 is 20.5 Å². The van der Waals surface area contributed by atoms with Crippen LogP contribution < -0.4 is 10.2 Å². The molecule has 34 heavy (non-hydrogen) atoms. The zero-order valence-electron chi connectivity index (χ0n) is 18.6. The van der Waals surface area contributed by atoms with Crippen molar-refractivity contribution < 1.29 is 27.9 Å². The summed E-state index contributed by atoms with van der Waals surface area (Å²) < 4.78 is 35.9. The number of hydroxylamine groups is 1. The molecule has 3 aromatic carbocycles. The molecule has 1 saturated heterocycles. The Morgan fingerprint density at radius 1 is 0.941 bits per heavy atom. The molecule has 4 rings (SSSR count). The molecule has 1 aliphatic heterocycles. The van der Waals surface area contributed by atoms with Crippen LogP contribution in [0.25, 0.3) is 11.1 Å². The second kappa shape index (κ2) is 10.4. The lowest BCUT2D eigenvalue weighted by molar-refractivity contribution is -0.134. The first-order valence-electron chi connectivity index (χ1n) is 11.1. The molecule has 0 radical (unpaired) electrons. The van der Waals surface area contributed by atoms with Crippen LogP contribution in [0, 0.1) is 0 Å². The molecule has 0 aliphatic carbocycles. The number of hydrogen-bond acceptors (Lipinski definition) is 6. The van der Waals surface area contributed by atoms with Gasteiger partial charge in [0.15, 0.2) is 14.6 Å². The highest BCUT2D eigenvalue weighted by Gasteiger charge is 2.52. The highest BCUT2D eigenvalue weighted by molar-refractivity contribution is 7.93. The van der Waals surface area contributed by atoms with Gasteiger partial charge in [0.25, 0.3) is 5.91 Å². The van der Waals surface area contributed by atoms with Gasteiger partial charge in [0.2, 0.25) is 0 Å². The van der Waals surface area contributed by atoms with E-state index >= 15 is 0 Å². The van der Waals surface area contributed by atoms with Gasteiger partial charge in [-0.05, 0) is 53.8 Å². The summed E-state index contributed by atoms with van der Waals surface area (Å²) in [6, 6.07) is 24.4. The summed E-state index contributed by atoms with van der Waals surface area (Å²) in [4.78, 5) is 12.3. The fourth-order valence-corrected chi connectivity index (χ4v) is 6.12. The maximum atomic E-state index is 13.3. The van der Waals surface area contributed by atoms with E-state index in [-0.39, 0.29) is 31.0 Å². The average Bonchev–Trinajstić information content (AvgIpc) is 2.89. The lowest BCUT2D eigenvalue weighted by Crippen LogP contribution is -2.54. The molecule has 2 N–H and O–H groups in total. The summed E-state index contributed by atoms with van der Waals surface area (Å²) in [5.41, 5.74) is 4.95. The van der Waals surface area contributed by atoms with Gasteiger partial charge in [-0.15, -0.1) is 0 Å². The Labute approximate surface area is 199 Å². The minimum Gasteiger partial charge on any atom is -0.493 e. The van der Waals surface area contributed by atoms with Gasteiger partial charge in [-0.25, -0.2) is 13.9 Å². The Morgan fingerprint density at radius 2 is 1.62 bits per heavy atom. The quantitative estimate of drug-likeness (QED) is 0.375. The summed E-state index contributed by atoms with van der Waals surface area (Å²) in [5.74, 6) is -0.403. The molecule has 0 bridgehead atoms. The molecular formula is C26H27NO6S. The molecule has 0 unspecified atom stereocenters. The van der Waals surface area contributed by atoms with Crippen LogP contribution in [-0.2, 0) is 25.8 Å². The van der Waals surface area contributed by atoms with Gasteiger partial charge in [-0.3, -0.25) is 10.0 Å². The van der Waals surface area contributed by atoms with E-state index in [1.807, 2.05) is 30.3 Å². The van der Waals surface area contributed by atoms with Crippen LogP contribution in [0.1, 0.15) is 18.4 Å². The van der Waals surface area contributed by atoms with Crippen molar-refractivity contribution in [2.24, 2.45) is 0 Å². The Kier molecular flexibility index (Phi) is 7.31. The van der Waals surface area contributed by atoms with Gasteiger partial charge in [-0.2, -0.15) is 0 Å². The highest BCUT2D eigenvalue weighted by Crippen LogP contribution is 2.35. The highest BCUT2D eigenvalue weighted by atomic mass is 32.2. The summed E-state index contributed by atoms with van der Waals surface area (Å²) in [6.07, 6.45) is 0.643. The molecule has 3 aromatic rings. The lowest BCUT2D eigenvalue weighted by atomic mass is 9.98. The monoisotopic (exact) mass is 481 g/mol. The van der Waals surface area contributed by atoms with E-state index in [1.165, 1.54) is 17.6 Å². The van der Waals surface area contributed by atoms with Crippen LogP contribution in [-0.4, -0.2) is 44.1 Å². The Bertz CT molecular complexity index is 1220. The maximum absolute atomic E-state index is 13.3. The molecule has 0 atom stereocenters. The first kappa shape index (κ1) is 23.9. The predicted molar refractivity (Wildman–Crippen MR) is 127 cm³/mol. The minimum absolute atomic E-state index is 0.000845. The van der Waals surface area contributed by atoms with Crippen molar-refractivity contribution in [2.75, 3.05) is 19.8 Å². The van der Waals surface area contributed by atoms with Crippen LogP contribution in [0.5, 0.6) is 5.75 Å². The van der Waals surface area contributed by atoms with Crippen LogP contribution in [0.2, 0.25) is 0 Å². The van der Waals surface area contributed by atoms with Gasteiger partial charge >= 0.3 is 0 Å². The predicted octanol–water partition coefficient (Wildman–Crippen LogP) is 3.80. The largest absolute Gasteiger partial charge is 0.493 e. The zero-order chi connectivity index (χ0) is 24.0. The topological polar surface area (TPSA) is 102 Å². The number of benzene rings is 3. The van der Waals surface area contributed by atoms with Gasteiger partial charge in [-0.1, -0.05) is 54.6 Å². The first-order chi connectivity index (χ1) is 16.5. The van der Waals surface area contributed by atoms with Crippen molar-refractivity contribution in [3.63, 3.8) is 0 Å². The number of carbonyl (C=O) groups is 1. The molecule has 0 spiro atoms. The fourth-order valence-electron chi connectivity index (χ4n) is 4.19. The van der Waals surface area contributed by atoms with E-state index in [4.69, 9.17) is 14.7 Å². The zero-order valence-corrected chi connectivity index (χ0v) is 19.5. The van der Waals surface area contributed by atoms with Crippen LogP contribution in [0.4, 0.5) is 0 Å². The van der Waals surface area contributed by atoms with E-state index in [1.54, 1.807) is 12.1 Å². The summed E-state index contributed by atoms with van der Waals surface area (Å²) in [5, 5.41) is 9.15. The molecule has 1 aliphatic rings. The lowest BCUT2D eigenvalue weighted by Gasteiger charge is -2.34. The molecule has 1 fully saturated rings. The van der Waals surface area contributed by atoms with E-state index in [2.05, 4.69) is 24.3 Å². The third kappa shape index (κ3) is 4.84. The molecular weight excluding hydrogens is 454 g/mol. The molecule has 1 heterocycles. The number of hydrogen-bond donors (Lipinski definition) is 2. The van der Waals surface area contributed by atoms with Gasteiger partial charge < -0.3 is 9.47 Å². The summed E-state index contributed by atoms with van der Waals surface area (Å²) in [7, 11) is -4.05. The third-order valence-corrected chi connectivity index (χ3v) is 8.67. The Balaban J connectivity index is 1.42. The van der Waals surface area contributed by atoms with Crippen LogP contribution in [0.3, 0.4) is 0 Å². The third-order valence-electron chi connectivity index (χ3n) is 6.16. The van der Waals surface area contributed by atoms with Crippen molar-refractivity contribution in [3.8, 4) is 16.9 Å². The SMILES string of the molecule is O=C(NO)C1(S(=O)(=O)c2ccc(OCCc3cccc(-c4ccccc4)c3)cc2)CCOCC1.